The molecule has 24 heavy (non-hydrogen) atoms. The van der Waals surface area contributed by atoms with Gasteiger partial charge in [-0.15, -0.1) is 0 Å². The fraction of sp³-hybridized carbons (Fsp3) is 0.294. The van der Waals surface area contributed by atoms with E-state index in [0.717, 1.165) is 11.8 Å². The molecule has 7 heteroatoms. The van der Waals surface area contributed by atoms with Crippen LogP contribution in [0.2, 0.25) is 0 Å². The summed E-state index contributed by atoms with van der Waals surface area (Å²) in [5, 5.41) is 2.73. The number of hydrogen-bond donors (Lipinski definition) is 1. The van der Waals surface area contributed by atoms with Crippen molar-refractivity contribution < 1.29 is 17.9 Å². The van der Waals surface area contributed by atoms with Gasteiger partial charge in [-0.25, -0.2) is 8.42 Å². The van der Waals surface area contributed by atoms with Crippen LogP contribution >= 0.6 is 0 Å². The van der Waals surface area contributed by atoms with Crippen LogP contribution in [0.5, 0.6) is 11.5 Å². The molecule has 1 N–H and O–H groups in total. The number of aryl methyl sites for hydroxylation is 1. The Kier molecular flexibility index (Phi) is 5.56. The second-order valence-corrected chi connectivity index (χ2v) is 7.93. The summed E-state index contributed by atoms with van der Waals surface area (Å²) in [6.07, 6.45) is 4.40. The lowest BCUT2D eigenvalue weighted by atomic mass is 10.1. The summed E-state index contributed by atoms with van der Waals surface area (Å²) in [6, 6.07) is 8.76. The highest BCUT2D eigenvalue weighted by Gasteiger charge is 2.18. The zero-order chi connectivity index (χ0) is 17.7. The number of anilines is 1. The molecule has 0 fully saturated rings. The molecule has 0 saturated heterocycles. The third-order valence-corrected chi connectivity index (χ3v) is 4.43. The van der Waals surface area contributed by atoms with Crippen LogP contribution in [-0.4, -0.2) is 31.3 Å². The molecule has 2 aromatic rings. The van der Waals surface area contributed by atoms with Gasteiger partial charge in [0.15, 0.2) is 0 Å². The topological polar surface area (TPSA) is 85.4 Å². The number of benzene rings is 1. The Hall–Kier alpha value is -2.41. The van der Waals surface area contributed by atoms with Crippen LogP contribution in [0.3, 0.4) is 0 Å². The van der Waals surface area contributed by atoms with E-state index in [1.165, 1.54) is 0 Å². The molecular formula is C17H20N2O4S. The molecule has 0 aliphatic heterocycles. The number of nitrogens with one attached hydrogen (secondary N) is 1. The number of aromatic nitrogens is 1. The van der Waals surface area contributed by atoms with Gasteiger partial charge in [0.1, 0.15) is 21.3 Å². The van der Waals surface area contributed by atoms with E-state index >= 15 is 0 Å². The van der Waals surface area contributed by atoms with Gasteiger partial charge in [0.05, 0.1) is 5.75 Å². The maximum absolute atomic E-state index is 12.1. The van der Waals surface area contributed by atoms with Gasteiger partial charge in [0.25, 0.3) is 0 Å². The van der Waals surface area contributed by atoms with Gasteiger partial charge in [-0.2, -0.15) is 0 Å². The van der Waals surface area contributed by atoms with Crippen molar-refractivity contribution in [1.29, 1.82) is 0 Å². The van der Waals surface area contributed by atoms with Crippen molar-refractivity contribution >= 4 is 21.4 Å². The minimum atomic E-state index is -3.20. The summed E-state index contributed by atoms with van der Waals surface area (Å²) in [6.45, 7) is 3.45. The van der Waals surface area contributed by atoms with Crippen LogP contribution < -0.4 is 10.1 Å². The number of pyridine rings is 1. The first kappa shape index (κ1) is 17.9. The summed E-state index contributed by atoms with van der Waals surface area (Å²) in [5.41, 5.74) is 1.44. The van der Waals surface area contributed by atoms with Crippen molar-refractivity contribution in [2.45, 2.75) is 13.8 Å². The Morgan fingerprint density at radius 1 is 1.25 bits per heavy atom. The lowest BCUT2D eigenvalue weighted by Crippen LogP contribution is -2.26. The van der Waals surface area contributed by atoms with E-state index in [1.54, 1.807) is 49.6 Å². The highest BCUT2D eigenvalue weighted by atomic mass is 32.2. The smallest absolute Gasteiger partial charge is 0.228 e. The Morgan fingerprint density at radius 3 is 2.50 bits per heavy atom. The fourth-order valence-electron chi connectivity index (χ4n) is 2.17. The van der Waals surface area contributed by atoms with Crippen LogP contribution in [0.4, 0.5) is 5.69 Å². The number of hydrogen-bond acceptors (Lipinski definition) is 5. The van der Waals surface area contributed by atoms with E-state index in [-0.39, 0.29) is 11.7 Å². The first-order valence-electron chi connectivity index (χ1n) is 7.42. The standard InChI is InChI=1S/C17H20N2O4S/c1-12-10-14(19-17(20)13(2)11-24(3,21)22)4-5-16(12)23-15-6-8-18-9-7-15/h4-10,13H,11H2,1-3H3,(H,19,20)/t13-/m0/s1. The lowest BCUT2D eigenvalue weighted by molar-refractivity contribution is -0.118. The van der Waals surface area contributed by atoms with Crippen molar-refractivity contribution in [2.75, 3.05) is 17.3 Å². The quantitative estimate of drug-likeness (QED) is 0.867. The Morgan fingerprint density at radius 2 is 1.92 bits per heavy atom. The molecule has 1 atom stereocenters. The summed E-state index contributed by atoms with van der Waals surface area (Å²) < 4.78 is 28.3. The molecule has 2 rings (SSSR count). The summed E-state index contributed by atoms with van der Waals surface area (Å²) in [5.74, 6) is 0.215. The lowest BCUT2D eigenvalue weighted by Gasteiger charge is -2.13. The van der Waals surface area contributed by atoms with Crippen molar-refractivity contribution in [3.05, 3.63) is 48.3 Å². The van der Waals surface area contributed by atoms with Gasteiger partial charge in [0, 0.05) is 30.3 Å². The third-order valence-electron chi connectivity index (χ3n) is 3.32. The number of carbonyl (C=O) groups is 1. The predicted molar refractivity (Wildman–Crippen MR) is 93.0 cm³/mol. The molecule has 1 heterocycles. The fourth-order valence-corrected chi connectivity index (χ4v) is 3.23. The largest absolute Gasteiger partial charge is 0.457 e. The summed E-state index contributed by atoms with van der Waals surface area (Å²) in [7, 11) is -3.20. The predicted octanol–water partition coefficient (Wildman–Crippen LogP) is 2.80. The monoisotopic (exact) mass is 348 g/mol. The molecule has 1 amide bonds. The van der Waals surface area contributed by atoms with Gasteiger partial charge in [-0.1, -0.05) is 6.92 Å². The van der Waals surface area contributed by atoms with Crippen molar-refractivity contribution in [2.24, 2.45) is 5.92 Å². The maximum atomic E-state index is 12.1. The second-order valence-electron chi connectivity index (χ2n) is 5.75. The number of rotatable bonds is 6. The average Bonchev–Trinajstić information content (AvgIpc) is 2.49. The first-order chi connectivity index (χ1) is 11.2. The van der Waals surface area contributed by atoms with Crippen LogP contribution in [0.15, 0.2) is 42.7 Å². The van der Waals surface area contributed by atoms with E-state index < -0.39 is 15.8 Å². The average molecular weight is 348 g/mol. The molecule has 0 bridgehead atoms. The van der Waals surface area contributed by atoms with E-state index in [0.29, 0.717) is 17.2 Å². The minimum absolute atomic E-state index is 0.180. The van der Waals surface area contributed by atoms with Crippen molar-refractivity contribution in [1.82, 2.24) is 4.98 Å². The number of sulfone groups is 1. The molecule has 1 aromatic heterocycles. The molecule has 0 aliphatic carbocycles. The normalized spacial score (nSPS) is 12.5. The van der Waals surface area contributed by atoms with E-state index in [1.807, 2.05) is 6.92 Å². The van der Waals surface area contributed by atoms with Crippen LogP contribution in [0, 0.1) is 12.8 Å². The Labute approximate surface area is 141 Å². The molecule has 128 valence electrons. The third kappa shape index (κ3) is 5.34. The number of ether oxygens (including phenoxy) is 1. The summed E-state index contributed by atoms with van der Waals surface area (Å²) >= 11 is 0. The number of amides is 1. The Balaban J connectivity index is 2.05. The molecular weight excluding hydrogens is 328 g/mol. The van der Waals surface area contributed by atoms with Crippen molar-refractivity contribution in [3.63, 3.8) is 0 Å². The highest BCUT2D eigenvalue weighted by molar-refractivity contribution is 7.90. The van der Waals surface area contributed by atoms with Gasteiger partial charge >= 0.3 is 0 Å². The zero-order valence-corrected chi connectivity index (χ0v) is 14.6. The van der Waals surface area contributed by atoms with Crippen LogP contribution in [0.1, 0.15) is 12.5 Å². The minimum Gasteiger partial charge on any atom is -0.457 e. The number of nitrogens with zero attached hydrogens (tertiary/aromatic N) is 1. The van der Waals surface area contributed by atoms with Crippen LogP contribution in [-0.2, 0) is 14.6 Å². The van der Waals surface area contributed by atoms with Gasteiger partial charge in [0.2, 0.25) is 5.91 Å². The Bertz CT molecular complexity index is 820. The molecule has 0 saturated carbocycles. The molecule has 0 radical (unpaired) electrons. The molecule has 0 spiro atoms. The summed E-state index contributed by atoms with van der Waals surface area (Å²) in [4.78, 5) is 16.0. The van der Waals surface area contributed by atoms with Gasteiger partial charge in [-0.3, -0.25) is 9.78 Å². The molecule has 1 aromatic carbocycles. The number of carbonyl (C=O) groups excluding carboxylic acids is 1. The molecule has 0 aliphatic rings. The van der Waals surface area contributed by atoms with Gasteiger partial charge in [-0.05, 0) is 42.8 Å². The van der Waals surface area contributed by atoms with E-state index in [2.05, 4.69) is 10.3 Å². The van der Waals surface area contributed by atoms with Gasteiger partial charge < -0.3 is 10.1 Å². The highest BCUT2D eigenvalue weighted by Crippen LogP contribution is 2.27. The maximum Gasteiger partial charge on any atom is 0.228 e. The van der Waals surface area contributed by atoms with E-state index in [4.69, 9.17) is 4.74 Å². The van der Waals surface area contributed by atoms with Crippen molar-refractivity contribution in [3.8, 4) is 11.5 Å². The SMILES string of the molecule is Cc1cc(NC(=O)[C@@H](C)CS(C)(=O)=O)ccc1Oc1ccncc1. The second kappa shape index (κ2) is 7.44. The first-order valence-corrected chi connectivity index (χ1v) is 9.48. The molecule has 6 nitrogen and oxygen atoms in total. The van der Waals surface area contributed by atoms with E-state index in [9.17, 15) is 13.2 Å². The molecule has 0 unspecified atom stereocenters. The zero-order valence-electron chi connectivity index (χ0n) is 13.8. The van der Waals surface area contributed by atoms with Crippen LogP contribution in [0.25, 0.3) is 0 Å².